The van der Waals surface area contributed by atoms with Crippen LogP contribution in [-0.4, -0.2) is 49.1 Å². The number of hydrogen-bond donors (Lipinski definition) is 0. The lowest BCUT2D eigenvalue weighted by molar-refractivity contribution is -0.0862. The fourth-order valence-electron chi connectivity index (χ4n) is 6.15. The summed E-state index contributed by atoms with van der Waals surface area (Å²) in [7, 11) is 0. The fourth-order valence-corrected chi connectivity index (χ4v) is 6.15. The lowest BCUT2D eigenvalue weighted by Gasteiger charge is -2.42. The highest BCUT2D eigenvalue weighted by molar-refractivity contribution is 5.36. The second-order valence-corrected chi connectivity index (χ2v) is 9.56. The fraction of sp³-hybridized carbons (Fsp3) is 0.538. The van der Waals surface area contributed by atoms with E-state index in [0.29, 0.717) is 0 Å². The van der Waals surface area contributed by atoms with Crippen molar-refractivity contribution >= 4 is 0 Å². The highest BCUT2D eigenvalue weighted by Crippen LogP contribution is 2.45. The molecule has 4 heterocycles. The molecule has 4 nitrogen and oxygen atoms in total. The maximum absolute atomic E-state index is 6.33. The maximum Gasteiger partial charge on any atom is 0.0963 e. The van der Waals surface area contributed by atoms with E-state index in [4.69, 9.17) is 9.47 Å². The Morgan fingerprint density at radius 1 is 0.600 bits per heavy atom. The topological polar surface area (TPSA) is 24.9 Å². The summed E-state index contributed by atoms with van der Waals surface area (Å²) in [4.78, 5) is 5.28. The average Bonchev–Trinajstić information content (AvgIpc) is 3.35. The lowest BCUT2D eigenvalue weighted by Crippen LogP contribution is -2.48. The van der Waals surface area contributed by atoms with Crippen LogP contribution in [0.1, 0.15) is 47.9 Å². The van der Waals surface area contributed by atoms with E-state index in [2.05, 4.69) is 58.3 Å². The second-order valence-electron chi connectivity index (χ2n) is 9.56. The Bertz CT molecular complexity index is 835. The van der Waals surface area contributed by atoms with E-state index in [0.717, 1.165) is 65.1 Å². The Morgan fingerprint density at radius 2 is 1.00 bits per heavy atom. The van der Waals surface area contributed by atoms with Gasteiger partial charge in [0.15, 0.2) is 0 Å². The number of piperidine rings is 2. The lowest BCUT2D eigenvalue weighted by atomic mass is 9.83. The zero-order chi connectivity index (χ0) is 20.0. The van der Waals surface area contributed by atoms with Crippen LogP contribution in [0.2, 0.25) is 0 Å². The van der Waals surface area contributed by atoms with E-state index >= 15 is 0 Å². The number of likely N-dealkylation sites (tertiary alicyclic amines) is 2. The van der Waals surface area contributed by atoms with Crippen molar-refractivity contribution in [3.05, 3.63) is 70.8 Å². The van der Waals surface area contributed by atoms with Gasteiger partial charge in [-0.3, -0.25) is 0 Å². The van der Waals surface area contributed by atoms with E-state index < -0.39 is 0 Å². The van der Waals surface area contributed by atoms with Crippen LogP contribution in [0.25, 0.3) is 0 Å². The summed E-state index contributed by atoms with van der Waals surface area (Å²) >= 11 is 0. The summed E-state index contributed by atoms with van der Waals surface area (Å²) in [6, 6.07) is 17.6. The highest BCUT2D eigenvalue weighted by atomic mass is 16.5. The maximum atomic E-state index is 6.33. The quantitative estimate of drug-likeness (QED) is 0.771. The number of ether oxygens (including phenoxy) is 2. The molecule has 0 saturated carbocycles. The van der Waals surface area contributed by atoms with E-state index in [9.17, 15) is 0 Å². The standard InChI is InChI=1S/C26H32N2O2/c1-3-7-23-21(5-1)19-29-25(23)9-13-27(14-10-25)17-18-28-15-11-26(12-16-28)24-8-4-2-6-22(24)20-30-26/h1-8H,9-20H2. The predicted molar refractivity (Wildman–Crippen MR) is 117 cm³/mol. The molecule has 6 rings (SSSR count). The summed E-state index contributed by atoms with van der Waals surface area (Å²) in [5.41, 5.74) is 5.65. The van der Waals surface area contributed by atoms with E-state index in [1.165, 1.54) is 35.3 Å². The summed E-state index contributed by atoms with van der Waals surface area (Å²) in [6.07, 6.45) is 4.49. The van der Waals surface area contributed by atoms with E-state index in [1.807, 2.05) is 0 Å². The van der Waals surface area contributed by atoms with Crippen LogP contribution in [0.5, 0.6) is 0 Å². The molecule has 2 aromatic carbocycles. The van der Waals surface area contributed by atoms with Gasteiger partial charge in [0, 0.05) is 39.3 Å². The number of benzene rings is 2. The van der Waals surface area contributed by atoms with Gasteiger partial charge >= 0.3 is 0 Å². The Morgan fingerprint density at radius 3 is 1.43 bits per heavy atom. The molecule has 0 N–H and O–H groups in total. The summed E-state index contributed by atoms with van der Waals surface area (Å²) in [6.45, 7) is 8.48. The van der Waals surface area contributed by atoms with Crippen molar-refractivity contribution in [2.75, 3.05) is 39.3 Å². The van der Waals surface area contributed by atoms with Crippen LogP contribution in [0.15, 0.2) is 48.5 Å². The molecule has 0 radical (unpaired) electrons. The minimum absolute atomic E-state index is 0.0161. The number of hydrogen-bond acceptors (Lipinski definition) is 4. The van der Waals surface area contributed by atoms with Crippen molar-refractivity contribution in [3.63, 3.8) is 0 Å². The molecule has 158 valence electrons. The zero-order valence-electron chi connectivity index (χ0n) is 17.8. The molecule has 4 aliphatic rings. The van der Waals surface area contributed by atoms with E-state index in [-0.39, 0.29) is 11.2 Å². The largest absolute Gasteiger partial charge is 0.365 e. The van der Waals surface area contributed by atoms with Crippen LogP contribution in [-0.2, 0) is 33.9 Å². The first-order valence-electron chi connectivity index (χ1n) is 11.7. The Kier molecular flexibility index (Phi) is 4.72. The molecule has 2 fully saturated rings. The average molecular weight is 405 g/mol. The first kappa shape index (κ1) is 19.0. The molecule has 4 aliphatic heterocycles. The molecule has 0 aromatic heterocycles. The monoisotopic (exact) mass is 404 g/mol. The van der Waals surface area contributed by atoms with Gasteiger partial charge in [0.05, 0.1) is 24.4 Å². The van der Waals surface area contributed by atoms with Crippen molar-refractivity contribution in [2.24, 2.45) is 0 Å². The Labute approximate surface area is 179 Å². The number of rotatable bonds is 3. The van der Waals surface area contributed by atoms with Crippen LogP contribution in [0.3, 0.4) is 0 Å². The van der Waals surface area contributed by atoms with Crippen LogP contribution >= 0.6 is 0 Å². The molecule has 2 aromatic rings. The number of fused-ring (bicyclic) bond motifs is 4. The van der Waals surface area contributed by atoms with Gasteiger partial charge in [0.25, 0.3) is 0 Å². The Hall–Kier alpha value is -1.72. The first-order valence-corrected chi connectivity index (χ1v) is 11.7. The highest BCUT2D eigenvalue weighted by Gasteiger charge is 2.43. The van der Waals surface area contributed by atoms with Gasteiger partial charge in [0.2, 0.25) is 0 Å². The second kappa shape index (κ2) is 7.45. The van der Waals surface area contributed by atoms with Crippen molar-refractivity contribution in [2.45, 2.75) is 50.1 Å². The molecular formula is C26H32N2O2. The number of nitrogens with zero attached hydrogens (tertiary/aromatic N) is 2. The first-order chi connectivity index (χ1) is 14.8. The molecule has 4 heteroatoms. The van der Waals surface area contributed by atoms with Crippen molar-refractivity contribution < 1.29 is 9.47 Å². The third-order valence-corrected chi connectivity index (χ3v) is 8.08. The minimum Gasteiger partial charge on any atom is -0.365 e. The zero-order valence-corrected chi connectivity index (χ0v) is 17.8. The normalized spacial score (nSPS) is 24.9. The Balaban J connectivity index is 1.01. The third kappa shape index (κ3) is 3.13. The van der Waals surface area contributed by atoms with Crippen LogP contribution < -0.4 is 0 Å². The molecule has 2 spiro atoms. The summed E-state index contributed by atoms with van der Waals surface area (Å²) in [5.74, 6) is 0. The van der Waals surface area contributed by atoms with Gasteiger partial charge in [-0.15, -0.1) is 0 Å². The molecule has 0 aliphatic carbocycles. The van der Waals surface area contributed by atoms with E-state index in [1.54, 1.807) is 0 Å². The van der Waals surface area contributed by atoms with Crippen LogP contribution in [0, 0.1) is 0 Å². The molecule has 0 bridgehead atoms. The van der Waals surface area contributed by atoms with Crippen molar-refractivity contribution in [3.8, 4) is 0 Å². The molecule has 0 unspecified atom stereocenters. The van der Waals surface area contributed by atoms with Gasteiger partial charge in [-0.25, -0.2) is 0 Å². The third-order valence-electron chi connectivity index (χ3n) is 8.08. The molecular weight excluding hydrogens is 372 g/mol. The molecule has 30 heavy (non-hydrogen) atoms. The van der Waals surface area contributed by atoms with Gasteiger partial charge < -0.3 is 19.3 Å². The van der Waals surface area contributed by atoms with Gasteiger partial charge in [-0.1, -0.05) is 48.5 Å². The van der Waals surface area contributed by atoms with Gasteiger partial charge in [-0.2, -0.15) is 0 Å². The predicted octanol–water partition coefficient (Wildman–Crippen LogP) is 4.03. The van der Waals surface area contributed by atoms with Crippen molar-refractivity contribution in [1.82, 2.24) is 9.80 Å². The molecule has 2 saturated heterocycles. The summed E-state index contributed by atoms with van der Waals surface area (Å²) in [5, 5.41) is 0. The molecule has 0 atom stereocenters. The van der Waals surface area contributed by atoms with Gasteiger partial charge in [-0.05, 0) is 47.9 Å². The SMILES string of the molecule is c1ccc2c(c1)COC21CCN(CCN2CCC3(CC2)OCc2ccccc23)CC1. The van der Waals surface area contributed by atoms with Crippen LogP contribution in [0.4, 0.5) is 0 Å². The molecule has 0 amide bonds. The smallest absolute Gasteiger partial charge is 0.0963 e. The summed E-state index contributed by atoms with van der Waals surface area (Å²) < 4.78 is 12.7. The van der Waals surface area contributed by atoms with Gasteiger partial charge in [0.1, 0.15) is 0 Å². The van der Waals surface area contributed by atoms with Crippen molar-refractivity contribution in [1.29, 1.82) is 0 Å². The minimum atomic E-state index is -0.0161.